The fraction of sp³-hybridized carbons (Fsp3) is 0.591. The Bertz CT molecular complexity index is 895. The molecule has 1 aromatic rings. The van der Waals surface area contributed by atoms with Gasteiger partial charge in [0.15, 0.2) is 5.78 Å². The molecule has 1 aromatic carbocycles. The van der Waals surface area contributed by atoms with E-state index in [9.17, 15) is 19.2 Å². The van der Waals surface area contributed by atoms with Crippen LogP contribution < -0.4 is 5.46 Å². The van der Waals surface area contributed by atoms with Gasteiger partial charge in [-0.05, 0) is 69.5 Å². The van der Waals surface area contributed by atoms with Gasteiger partial charge >= 0.3 is 13.2 Å². The van der Waals surface area contributed by atoms with Crippen molar-refractivity contribution in [2.24, 2.45) is 11.8 Å². The molecule has 2 N–H and O–H groups in total. The molecule has 3 rings (SSSR count). The Kier molecular flexibility index (Phi) is 6.72. The van der Waals surface area contributed by atoms with Gasteiger partial charge in [-0.3, -0.25) is 9.69 Å². The Balaban J connectivity index is 1.71. The van der Waals surface area contributed by atoms with Crippen LogP contribution >= 0.6 is 0 Å². The minimum Gasteiger partial charge on any atom is -0.444 e. The van der Waals surface area contributed by atoms with Crippen LogP contribution in [-0.4, -0.2) is 51.6 Å². The van der Waals surface area contributed by atoms with Crippen LogP contribution in [0.15, 0.2) is 18.2 Å². The Labute approximate surface area is 181 Å². The van der Waals surface area contributed by atoms with Gasteiger partial charge in [0.25, 0.3) is 0 Å². The molecule has 1 aliphatic carbocycles. The quantitative estimate of drug-likeness (QED) is 0.668. The van der Waals surface area contributed by atoms with Crippen LogP contribution in [0.1, 0.15) is 52.0 Å². The van der Waals surface area contributed by atoms with E-state index in [1.807, 2.05) is 0 Å². The minimum atomic E-state index is -1.78. The number of fused-ring (bicyclic) bond motifs is 2. The SMILES string of the molecule is CC(C)(C)OC(=O)N1[C@@H]2CC[C@@H](C2)[C@H]1C(=O)C[C@H](C#N)Cc1ccc(B(O)O)cc1F. The monoisotopic (exact) mass is 430 g/mol. The zero-order valence-electron chi connectivity index (χ0n) is 18.0. The Morgan fingerprint density at radius 3 is 2.65 bits per heavy atom. The Morgan fingerprint density at radius 2 is 2.06 bits per heavy atom. The minimum absolute atomic E-state index is 0.0146. The van der Waals surface area contributed by atoms with Crippen LogP contribution in [-0.2, 0) is 16.0 Å². The number of likely N-dealkylation sites (tertiary alicyclic amines) is 1. The van der Waals surface area contributed by atoms with E-state index in [1.54, 1.807) is 25.7 Å². The predicted octanol–water partition coefficient (Wildman–Crippen LogP) is 1.93. The van der Waals surface area contributed by atoms with Crippen LogP contribution in [0.5, 0.6) is 0 Å². The molecule has 2 aliphatic rings. The van der Waals surface area contributed by atoms with E-state index in [0.29, 0.717) is 0 Å². The van der Waals surface area contributed by atoms with Crippen molar-refractivity contribution < 1.29 is 28.8 Å². The van der Waals surface area contributed by atoms with Crippen LogP contribution in [0.4, 0.5) is 9.18 Å². The van der Waals surface area contributed by atoms with Crippen molar-refractivity contribution in [1.29, 1.82) is 5.26 Å². The maximum absolute atomic E-state index is 14.3. The van der Waals surface area contributed by atoms with Gasteiger partial charge in [-0.2, -0.15) is 5.26 Å². The van der Waals surface area contributed by atoms with Crippen LogP contribution in [0.3, 0.4) is 0 Å². The zero-order chi connectivity index (χ0) is 22.9. The fourth-order valence-electron chi connectivity index (χ4n) is 4.66. The number of halogens is 1. The number of nitrogens with zero attached hydrogens (tertiary/aromatic N) is 2. The molecular formula is C22H28BFN2O5. The van der Waals surface area contributed by atoms with E-state index < -0.39 is 36.6 Å². The molecule has 7 nitrogen and oxygen atoms in total. The number of nitriles is 1. The van der Waals surface area contributed by atoms with Gasteiger partial charge < -0.3 is 14.8 Å². The van der Waals surface area contributed by atoms with E-state index in [4.69, 9.17) is 14.8 Å². The maximum atomic E-state index is 14.3. The van der Waals surface area contributed by atoms with Crippen LogP contribution in [0, 0.1) is 29.0 Å². The first-order chi connectivity index (χ1) is 14.5. The molecule has 166 valence electrons. The molecular weight excluding hydrogens is 402 g/mol. The van der Waals surface area contributed by atoms with Crippen molar-refractivity contribution in [3.8, 4) is 6.07 Å². The molecule has 2 bridgehead atoms. The van der Waals surface area contributed by atoms with Gasteiger partial charge in [-0.1, -0.05) is 12.1 Å². The predicted molar refractivity (Wildman–Crippen MR) is 112 cm³/mol. The molecule has 1 aliphatic heterocycles. The number of rotatable bonds is 6. The topological polar surface area (TPSA) is 111 Å². The second kappa shape index (κ2) is 8.97. The zero-order valence-corrected chi connectivity index (χ0v) is 18.0. The van der Waals surface area contributed by atoms with Gasteiger partial charge in [0.1, 0.15) is 11.4 Å². The molecule has 1 saturated heterocycles. The number of hydrogen-bond acceptors (Lipinski definition) is 6. The molecule has 1 saturated carbocycles. The summed E-state index contributed by atoms with van der Waals surface area (Å²) in [6.45, 7) is 5.33. The first-order valence-corrected chi connectivity index (χ1v) is 10.6. The summed E-state index contributed by atoms with van der Waals surface area (Å²) in [5, 5.41) is 27.9. The van der Waals surface area contributed by atoms with Gasteiger partial charge in [0, 0.05) is 12.5 Å². The van der Waals surface area contributed by atoms with Gasteiger partial charge in [0.2, 0.25) is 0 Å². The molecule has 4 atom stereocenters. The van der Waals surface area contributed by atoms with Crippen molar-refractivity contribution in [2.45, 2.75) is 70.6 Å². The molecule has 0 radical (unpaired) electrons. The molecule has 2 fully saturated rings. The number of amides is 1. The van der Waals surface area contributed by atoms with E-state index in [0.717, 1.165) is 25.3 Å². The summed E-state index contributed by atoms with van der Waals surface area (Å²) in [4.78, 5) is 27.4. The second-order valence-corrected chi connectivity index (χ2v) is 9.48. The largest absolute Gasteiger partial charge is 0.488 e. The highest BCUT2D eigenvalue weighted by molar-refractivity contribution is 6.58. The lowest BCUT2D eigenvalue weighted by Crippen LogP contribution is -2.51. The summed E-state index contributed by atoms with van der Waals surface area (Å²) in [7, 11) is -1.78. The summed E-state index contributed by atoms with van der Waals surface area (Å²) in [6, 6.07) is 5.22. The average Bonchev–Trinajstić information content (AvgIpc) is 3.28. The smallest absolute Gasteiger partial charge is 0.444 e. The van der Waals surface area contributed by atoms with E-state index in [2.05, 4.69) is 6.07 Å². The second-order valence-electron chi connectivity index (χ2n) is 9.48. The Hall–Kier alpha value is -2.44. The average molecular weight is 430 g/mol. The fourth-order valence-corrected chi connectivity index (χ4v) is 4.66. The normalized spacial score (nSPS) is 23.4. The molecule has 1 heterocycles. The summed E-state index contributed by atoms with van der Waals surface area (Å²) in [5.74, 6) is -1.56. The lowest BCUT2D eigenvalue weighted by Gasteiger charge is -2.35. The van der Waals surface area contributed by atoms with E-state index >= 15 is 0 Å². The summed E-state index contributed by atoms with van der Waals surface area (Å²) in [6.07, 6.45) is 1.87. The van der Waals surface area contributed by atoms with Crippen LogP contribution in [0.2, 0.25) is 0 Å². The standard InChI is InChI=1S/C22H28BFN2O5/c1-22(2,3)31-21(28)26-17-7-5-15(10-17)20(26)19(27)9-13(12-25)8-14-4-6-16(23(29)30)11-18(14)24/h4,6,11,13,15,17,20,29-30H,5,7-10H2,1-3H3/t13-,15+,17-,20+/m1/s1. The number of piperidine rings is 1. The summed E-state index contributed by atoms with van der Waals surface area (Å²) in [5.41, 5.74) is -0.436. The number of hydrogen-bond donors (Lipinski definition) is 2. The number of ketones is 1. The number of carbonyl (C=O) groups excluding carboxylic acids is 2. The highest BCUT2D eigenvalue weighted by Gasteiger charge is 2.52. The maximum Gasteiger partial charge on any atom is 0.488 e. The van der Waals surface area contributed by atoms with Crippen LogP contribution in [0.25, 0.3) is 0 Å². The third kappa shape index (κ3) is 5.25. The van der Waals surface area contributed by atoms with Crippen molar-refractivity contribution >= 4 is 24.5 Å². The van der Waals surface area contributed by atoms with Crippen molar-refractivity contribution in [3.05, 3.63) is 29.6 Å². The molecule has 31 heavy (non-hydrogen) atoms. The van der Waals surface area contributed by atoms with Gasteiger partial charge in [0.05, 0.1) is 18.0 Å². The molecule has 0 aromatic heterocycles. The van der Waals surface area contributed by atoms with Crippen molar-refractivity contribution in [2.75, 3.05) is 0 Å². The molecule has 9 heteroatoms. The Morgan fingerprint density at radius 1 is 1.35 bits per heavy atom. The highest BCUT2D eigenvalue weighted by Crippen LogP contribution is 2.44. The third-order valence-electron chi connectivity index (χ3n) is 5.99. The number of benzene rings is 1. The van der Waals surface area contributed by atoms with Gasteiger partial charge in [-0.25, -0.2) is 9.18 Å². The first-order valence-electron chi connectivity index (χ1n) is 10.6. The van der Waals surface area contributed by atoms with E-state index in [1.165, 1.54) is 12.1 Å². The molecule has 0 unspecified atom stereocenters. The number of ether oxygens (including phenoxy) is 1. The first kappa shape index (κ1) is 23.2. The lowest BCUT2D eigenvalue weighted by atomic mass is 9.79. The summed E-state index contributed by atoms with van der Waals surface area (Å²) < 4.78 is 19.8. The molecule has 1 amide bonds. The number of carbonyl (C=O) groups is 2. The van der Waals surface area contributed by atoms with E-state index in [-0.39, 0.29) is 41.6 Å². The number of Topliss-reactive ketones (excluding diaryl/α,β-unsaturated/α-hetero) is 1. The third-order valence-corrected chi connectivity index (χ3v) is 5.99. The highest BCUT2D eigenvalue weighted by atomic mass is 19.1. The summed E-state index contributed by atoms with van der Waals surface area (Å²) >= 11 is 0. The van der Waals surface area contributed by atoms with Gasteiger partial charge in [-0.15, -0.1) is 0 Å². The van der Waals surface area contributed by atoms with Crippen molar-refractivity contribution in [3.63, 3.8) is 0 Å². The van der Waals surface area contributed by atoms with Crippen molar-refractivity contribution in [1.82, 2.24) is 4.90 Å². The molecule has 0 spiro atoms. The lowest BCUT2D eigenvalue weighted by molar-refractivity contribution is -0.126.